The number of imidazole rings is 1. The lowest BCUT2D eigenvalue weighted by molar-refractivity contribution is -0.117. The maximum atomic E-state index is 13.4. The molecule has 2 heterocycles. The molecule has 0 fully saturated rings. The number of aryl methyl sites for hydroxylation is 1. The zero-order valence-corrected chi connectivity index (χ0v) is 25.4. The summed E-state index contributed by atoms with van der Waals surface area (Å²) in [6.07, 6.45) is 5.94. The Morgan fingerprint density at radius 1 is 1.17 bits per heavy atom. The minimum absolute atomic E-state index is 0.204. The quantitative estimate of drug-likeness (QED) is 0.0618. The molecule has 0 radical (unpaired) electrons. The average Bonchev–Trinajstić information content (AvgIpc) is 3.54. The monoisotopic (exact) mass is 639 g/mol. The number of amides is 3. The predicted octanol–water partition coefficient (Wildman–Crippen LogP) is 5.04. The van der Waals surface area contributed by atoms with Crippen molar-refractivity contribution in [3.05, 3.63) is 100 Å². The average molecular weight is 640 g/mol. The highest BCUT2D eigenvalue weighted by atomic mass is 35.5. The number of aromatic amines is 1. The van der Waals surface area contributed by atoms with Gasteiger partial charge < -0.3 is 20.4 Å². The first kappa shape index (κ1) is 31.6. The van der Waals surface area contributed by atoms with E-state index in [4.69, 9.17) is 27.2 Å². The van der Waals surface area contributed by atoms with Crippen LogP contribution in [0.3, 0.4) is 0 Å². The van der Waals surface area contributed by atoms with E-state index in [9.17, 15) is 14.4 Å². The summed E-state index contributed by atoms with van der Waals surface area (Å²) in [6.45, 7) is 3.30. The molecule has 3 amide bonds. The highest BCUT2D eigenvalue weighted by Crippen LogP contribution is 2.32. The number of ether oxygens (including phenoxy) is 1. The first-order chi connectivity index (χ1) is 22.2. The number of hydrogen-bond acceptors (Lipinski definition) is 8. The van der Waals surface area contributed by atoms with Gasteiger partial charge in [-0.25, -0.2) is 15.6 Å². The summed E-state index contributed by atoms with van der Waals surface area (Å²) in [5, 5.41) is 17.4. The number of nitrogens with two attached hydrogens (primary N) is 1. The molecule has 1 aliphatic rings. The summed E-state index contributed by atoms with van der Waals surface area (Å²) in [7, 11) is 1.26. The van der Waals surface area contributed by atoms with Crippen LogP contribution in [0.15, 0.2) is 83.1 Å². The molecule has 0 saturated carbocycles. The van der Waals surface area contributed by atoms with Crippen molar-refractivity contribution in [3.8, 4) is 11.3 Å². The summed E-state index contributed by atoms with van der Waals surface area (Å²) in [4.78, 5) is 46.2. The molecule has 6 N–H and O–H groups in total. The second-order valence-corrected chi connectivity index (χ2v) is 10.5. The van der Waals surface area contributed by atoms with E-state index in [0.717, 1.165) is 11.1 Å². The molecule has 1 unspecified atom stereocenters. The highest BCUT2D eigenvalue weighted by molar-refractivity contribution is 6.30. The smallest absolute Gasteiger partial charge is 0.411 e. The van der Waals surface area contributed by atoms with Crippen molar-refractivity contribution in [2.45, 2.75) is 18.9 Å². The Bertz CT molecular complexity index is 1850. The topological polar surface area (TPSA) is 179 Å². The number of H-pyrrole nitrogens is 1. The van der Waals surface area contributed by atoms with Crippen molar-refractivity contribution in [1.82, 2.24) is 15.3 Å². The van der Waals surface area contributed by atoms with Crippen LogP contribution in [0.25, 0.3) is 17.3 Å². The minimum atomic E-state index is -0.672. The molecule has 13 nitrogen and oxygen atoms in total. The third-order valence-corrected chi connectivity index (χ3v) is 7.26. The van der Waals surface area contributed by atoms with E-state index in [1.54, 1.807) is 48.7 Å². The van der Waals surface area contributed by atoms with Crippen molar-refractivity contribution in [1.29, 1.82) is 0 Å². The highest BCUT2D eigenvalue weighted by Gasteiger charge is 2.22. The number of nitrogens with zero attached hydrogens (tertiary/aromatic N) is 4. The zero-order valence-electron chi connectivity index (χ0n) is 24.7. The molecule has 1 aliphatic heterocycles. The fourth-order valence-corrected chi connectivity index (χ4v) is 5.03. The molecule has 46 heavy (non-hydrogen) atoms. The van der Waals surface area contributed by atoms with Gasteiger partial charge in [0.25, 0.3) is 0 Å². The van der Waals surface area contributed by atoms with E-state index in [2.05, 4.69) is 37.9 Å². The van der Waals surface area contributed by atoms with E-state index in [1.165, 1.54) is 24.5 Å². The number of hydrazine groups is 1. The molecule has 0 spiro atoms. The SMILES string of the molecule is C=N/N=C\N(N)c1ccc(Cl)cc1/C=C/C(=O)NC1c2cccc(c2)CCC(=O)Nc2cc(NC(=O)OC)ccc2-c2c[nH]c1n2. The molecular weight excluding hydrogens is 610 g/mol. The van der Waals surface area contributed by atoms with Crippen LogP contribution in [-0.2, 0) is 20.7 Å². The number of benzene rings is 3. The van der Waals surface area contributed by atoms with Crippen LogP contribution in [0, 0.1) is 0 Å². The number of methoxy groups -OCH3 is 1. The van der Waals surface area contributed by atoms with Crippen LogP contribution >= 0.6 is 11.6 Å². The molecule has 0 aliphatic carbocycles. The molecule has 4 bridgehead atoms. The summed E-state index contributed by atoms with van der Waals surface area (Å²) in [5.41, 5.74) is 4.76. The number of rotatable bonds is 7. The van der Waals surface area contributed by atoms with Gasteiger partial charge in [0, 0.05) is 47.2 Å². The van der Waals surface area contributed by atoms with Crippen molar-refractivity contribution in [2.24, 2.45) is 16.0 Å². The van der Waals surface area contributed by atoms with Gasteiger partial charge in [0.1, 0.15) is 18.2 Å². The Kier molecular flexibility index (Phi) is 9.85. The molecule has 14 heteroatoms. The summed E-state index contributed by atoms with van der Waals surface area (Å²) >= 11 is 6.22. The third-order valence-electron chi connectivity index (χ3n) is 7.02. The maximum absolute atomic E-state index is 13.4. The van der Waals surface area contributed by atoms with Crippen LogP contribution in [0.2, 0.25) is 5.02 Å². The molecule has 234 valence electrons. The Morgan fingerprint density at radius 2 is 2.02 bits per heavy atom. The van der Waals surface area contributed by atoms with E-state index < -0.39 is 18.0 Å². The lowest BCUT2D eigenvalue weighted by Crippen LogP contribution is -2.30. The fraction of sp³-hybridized carbons (Fsp3) is 0.125. The lowest BCUT2D eigenvalue weighted by Gasteiger charge is -2.18. The van der Waals surface area contributed by atoms with E-state index in [1.807, 2.05) is 24.3 Å². The first-order valence-corrected chi connectivity index (χ1v) is 14.4. The fourth-order valence-electron chi connectivity index (χ4n) is 4.85. The second-order valence-electron chi connectivity index (χ2n) is 10.1. The van der Waals surface area contributed by atoms with Gasteiger partial charge in [0.15, 0.2) is 0 Å². The summed E-state index contributed by atoms with van der Waals surface area (Å²) in [5.74, 6) is 5.92. The van der Waals surface area contributed by atoms with Gasteiger partial charge in [-0.2, -0.15) is 5.10 Å². The van der Waals surface area contributed by atoms with E-state index in [0.29, 0.717) is 51.2 Å². The van der Waals surface area contributed by atoms with Crippen molar-refractivity contribution >= 4 is 65.7 Å². The van der Waals surface area contributed by atoms with Crippen LogP contribution in [-0.4, -0.2) is 48.0 Å². The van der Waals surface area contributed by atoms with Crippen LogP contribution in [0.4, 0.5) is 21.9 Å². The van der Waals surface area contributed by atoms with Gasteiger partial charge in [0.2, 0.25) is 11.8 Å². The number of hydrogen-bond donors (Lipinski definition) is 5. The molecule has 5 rings (SSSR count). The van der Waals surface area contributed by atoms with Gasteiger partial charge in [-0.1, -0.05) is 35.9 Å². The van der Waals surface area contributed by atoms with Gasteiger partial charge in [-0.3, -0.25) is 19.9 Å². The summed E-state index contributed by atoms with van der Waals surface area (Å²) in [6, 6.07) is 17.0. The van der Waals surface area contributed by atoms with Crippen molar-refractivity contribution in [2.75, 3.05) is 22.8 Å². The van der Waals surface area contributed by atoms with Crippen molar-refractivity contribution in [3.63, 3.8) is 0 Å². The third kappa shape index (κ3) is 7.64. The molecular formula is C32H30ClN9O4. The minimum Gasteiger partial charge on any atom is -0.453 e. The van der Waals surface area contributed by atoms with Gasteiger partial charge in [0.05, 0.1) is 24.2 Å². The lowest BCUT2D eigenvalue weighted by atomic mass is 10.0. The Labute approximate surface area is 269 Å². The molecule has 3 aromatic carbocycles. The number of carbonyl (C=O) groups excluding carboxylic acids is 3. The Hall–Kier alpha value is -5.79. The number of halogens is 1. The largest absolute Gasteiger partial charge is 0.453 e. The van der Waals surface area contributed by atoms with E-state index >= 15 is 0 Å². The zero-order chi connectivity index (χ0) is 32.6. The van der Waals surface area contributed by atoms with Gasteiger partial charge >= 0.3 is 6.09 Å². The molecule has 4 aromatic rings. The summed E-state index contributed by atoms with van der Waals surface area (Å²) < 4.78 is 4.69. The van der Waals surface area contributed by atoms with Gasteiger partial charge in [-0.15, -0.1) is 5.10 Å². The molecule has 1 aromatic heterocycles. The Balaban J connectivity index is 1.49. The van der Waals surface area contributed by atoms with Crippen LogP contribution in [0.5, 0.6) is 0 Å². The standard InChI is InChI=1S/C32H30ClN9O4/c1-35-37-18-42(34)27-11-8-22(33)15-20(27)7-13-29(44)41-30-21-5-3-4-19(14-21)6-12-28(43)39-25-16-23(38-32(45)46-2)9-10-24(25)26-17-36-31(30)40-26/h3-5,7-11,13-18,30H,1,6,12,34H2,2H3,(H,36,40)(H,38,45)(H,39,43)(H,41,44)/b13-7+,37-18-. The number of aromatic nitrogens is 2. The van der Waals surface area contributed by atoms with Crippen molar-refractivity contribution < 1.29 is 19.1 Å². The number of anilines is 3. The molecule has 1 atom stereocenters. The van der Waals surface area contributed by atoms with Gasteiger partial charge in [-0.05, 0) is 60.0 Å². The number of nitrogens with one attached hydrogen (secondary N) is 4. The van der Waals surface area contributed by atoms with Crippen LogP contribution < -0.4 is 26.8 Å². The maximum Gasteiger partial charge on any atom is 0.411 e. The predicted molar refractivity (Wildman–Crippen MR) is 179 cm³/mol. The first-order valence-electron chi connectivity index (χ1n) is 14.0. The number of fused-ring (bicyclic) bond motifs is 6. The molecule has 0 saturated heterocycles. The number of carbonyl (C=O) groups is 3. The normalized spacial score (nSPS) is 14.3. The van der Waals surface area contributed by atoms with Crippen LogP contribution in [0.1, 0.15) is 35.0 Å². The Morgan fingerprint density at radius 3 is 2.83 bits per heavy atom. The van der Waals surface area contributed by atoms with E-state index in [-0.39, 0.29) is 12.3 Å². The second kappa shape index (κ2) is 14.3.